The van der Waals surface area contributed by atoms with Gasteiger partial charge in [-0.2, -0.15) is 0 Å². The molecule has 1 aliphatic heterocycles. The van der Waals surface area contributed by atoms with E-state index in [1.165, 1.54) is 5.69 Å². The van der Waals surface area contributed by atoms with Gasteiger partial charge in [0.1, 0.15) is 0 Å². The monoisotopic (exact) mass is 284 g/mol. The number of nitrogens with one attached hydrogen (secondary N) is 1. The van der Waals surface area contributed by atoms with Crippen LogP contribution < -0.4 is 10.2 Å². The molecule has 1 aliphatic rings. The summed E-state index contributed by atoms with van der Waals surface area (Å²) >= 11 is 3.57. The molecule has 0 amide bonds. The van der Waals surface area contributed by atoms with Gasteiger partial charge in [0, 0.05) is 17.6 Å². The number of aliphatic hydroxyl groups excluding tert-OH is 1. The Bertz CT molecular complexity index is 346. The van der Waals surface area contributed by atoms with Crippen LogP contribution in [0.4, 0.5) is 5.69 Å². The Labute approximate surface area is 105 Å². The SMILES string of the molecule is OCC1CNCCCN1c1ccccc1Br. The standard InChI is InChI=1S/C12H17BrN2O/c13-11-4-1-2-5-12(11)15-7-3-6-14-8-10(15)9-16/h1-2,4-5,10,14,16H,3,6-9H2. The van der Waals surface area contributed by atoms with Crippen LogP contribution >= 0.6 is 15.9 Å². The number of para-hydroxylation sites is 1. The van der Waals surface area contributed by atoms with E-state index in [1.807, 2.05) is 18.2 Å². The van der Waals surface area contributed by atoms with Crippen molar-refractivity contribution < 1.29 is 5.11 Å². The maximum Gasteiger partial charge on any atom is 0.0647 e. The van der Waals surface area contributed by atoms with Crippen LogP contribution in [0.3, 0.4) is 0 Å². The molecule has 0 aliphatic carbocycles. The van der Waals surface area contributed by atoms with Gasteiger partial charge in [-0.25, -0.2) is 0 Å². The lowest BCUT2D eigenvalue weighted by Crippen LogP contribution is -2.42. The molecule has 16 heavy (non-hydrogen) atoms. The number of rotatable bonds is 2. The quantitative estimate of drug-likeness (QED) is 0.866. The maximum atomic E-state index is 9.44. The number of halogens is 1. The van der Waals surface area contributed by atoms with Crippen molar-refractivity contribution in [1.82, 2.24) is 5.32 Å². The smallest absolute Gasteiger partial charge is 0.0647 e. The van der Waals surface area contributed by atoms with Crippen LogP contribution in [0.15, 0.2) is 28.7 Å². The van der Waals surface area contributed by atoms with Crippen LogP contribution in [0.1, 0.15) is 6.42 Å². The highest BCUT2D eigenvalue weighted by atomic mass is 79.9. The number of anilines is 1. The predicted octanol–water partition coefficient (Wildman–Crippen LogP) is 1.61. The first-order valence-electron chi connectivity index (χ1n) is 5.65. The number of hydrogen-bond donors (Lipinski definition) is 2. The third kappa shape index (κ3) is 2.56. The molecule has 1 aromatic rings. The van der Waals surface area contributed by atoms with Crippen molar-refractivity contribution in [3.05, 3.63) is 28.7 Å². The summed E-state index contributed by atoms with van der Waals surface area (Å²) in [6.07, 6.45) is 1.11. The van der Waals surface area contributed by atoms with Gasteiger partial charge in [-0.15, -0.1) is 0 Å². The zero-order chi connectivity index (χ0) is 11.4. The van der Waals surface area contributed by atoms with Crippen LogP contribution in [0, 0.1) is 0 Å². The molecule has 1 fully saturated rings. The molecule has 0 spiro atoms. The lowest BCUT2D eigenvalue weighted by atomic mass is 10.2. The van der Waals surface area contributed by atoms with Gasteiger partial charge < -0.3 is 15.3 Å². The summed E-state index contributed by atoms with van der Waals surface area (Å²) in [5, 5.41) is 12.8. The van der Waals surface area contributed by atoms with E-state index in [4.69, 9.17) is 0 Å². The summed E-state index contributed by atoms with van der Waals surface area (Å²) in [7, 11) is 0. The summed E-state index contributed by atoms with van der Waals surface area (Å²) in [5.41, 5.74) is 1.17. The molecule has 1 heterocycles. The van der Waals surface area contributed by atoms with Crippen molar-refractivity contribution in [3.63, 3.8) is 0 Å². The normalized spacial score (nSPS) is 21.9. The zero-order valence-electron chi connectivity index (χ0n) is 9.19. The highest BCUT2D eigenvalue weighted by Gasteiger charge is 2.21. The van der Waals surface area contributed by atoms with Gasteiger partial charge in [-0.3, -0.25) is 0 Å². The van der Waals surface area contributed by atoms with Gasteiger partial charge in [0.15, 0.2) is 0 Å². The summed E-state index contributed by atoms with van der Waals surface area (Å²) < 4.78 is 1.09. The van der Waals surface area contributed by atoms with Gasteiger partial charge in [0.25, 0.3) is 0 Å². The van der Waals surface area contributed by atoms with E-state index in [0.29, 0.717) is 0 Å². The molecule has 4 heteroatoms. The summed E-state index contributed by atoms with van der Waals surface area (Å²) in [5.74, 6) is 0. The second-order valence-corrected chi connectivity index (χ2v) is 4.89. The largest absolute Gasteiger partial charge is 0.394 e. The zero-order valence-corrected chi connectivity index (χ0v) is 10.8. The molecular weight excluding hydrogens is 268 g/mol. The average molecular weight is 285 g/mol. The third-order valence-electron chi connectivity index (χ3n) is 2.95. The van der Waals surface area contributed by atoms with Crippen LogP contribution in [0.25, 0.3) is 0 Å². The molecule has 0 aromatic heterocycles. The molecule has 88 valence electrons. The van der Waals surface area contributed by atoms with Gasteiger partial charge in [0.05, 0.1) is 18.3 Å². The second kappa shape index (κ2) is 5.66. The Hall–Kier alpha value is -0.580. The molecule has 2 N–H and O–H groups in total. The number of hydrogen-bond acceptors (Lipinski definition) is 3. The first-order chi connectivity index (χ1) is 7.83. The van der Waals surface area contributed by atoms with Crippen LogP contribution in [0.5, 0.6) is 0 Å². The van der Waals surface area contributed by atoms with E-state index < -0.39 is 0 Å². The summed E-state index contributed by atoms with van der Waals surface area (Å²) in [4.78, 5) is 2.28. The molecule has 1 aromatic carbocycles. The Morgan fingerprint density at radius 1 is 1.44 bits per heavy atom. The molecule has 1 saturated heterocycles. The lowest BCUT2D eigenvalue weighted by molar-refractivity contribution is 0.260. The number of benzene rings is 1. The van der Waals surface area contributed by atoms with Crippen molar-refractivity contribution in [2.45, 2.75) is 12.5 Å². The minimum Gasteiger partial charge on any atom is -0.394 e. The predicted molar refractivity (Wildman–Crippen MR) is 69.8 cm³/mol. The first kappa shape index (κ1) is 11.9. The fourth-order valence-electron chi connectivity index (χ4n) is 2.10. The van der Waals surface area contributed by atoms with Gasteiger partial charge in [0.2, 0.25) is 0 Å². The molecule has 1 atom stereocenters. The molecule has 3 nitrogen and oxygen atoms in total. The van der Waals surface area contributed by atoms with Crippen molar-refractivity contribution in [2.24, 2.45) is 0 Å². The molecule has 0 saturated carbocycles. The highest BCUT2D eigenvalue weighted by Crippen LogP contribution is 2.27. The van der Waals surface area contributed by atoms with E-state index >= 15 is 0 Å². The molecule has 0 bridgehead atoms. The van der Waals surface area contributed by atoms with Crippen molar-refractivity contribution in [2.75, 3.05) is 31.1 Å². The fourth-order valence-corrected chi connectivity index (χ4v) is 2.61. The molecule has 2 rings (SSSR count). The van der Waals surface area contributed by atoms with Crippen LogP contribution in [0.2, 0.25) is 0 Å². The topological polar surface area (TPSA) is 35.5 Å². The van der Waals surface area contributed by atoms with E-state index in [0.717, 1.165) is 30.5 Å². The number of aliphatic hydroxyl groups is 1. The van der Waals surface area contributed by atoms with E-state index in [9.17, 15) is 5.11 Å². The first-order valence-corrected chi connectivity index (χ1v) is 6.45. The Balaban J connectivity index is 2.25. The second-order valence-electron chi connectivity index (χ2n) is 4.04. The fraction of sp³-hybridized carbons (Fsp3) is 0.500. The Morgan fingerprint density at radius 3 is 3.00 bits per heavy atom. The average Bonchev–Trinajstić information content (AvgIpc) is 2.54. The minimum atomic E-state index is 0.168. The third-order valence-corrected chi connectivity index (χ3v) is 3.62. The summed E-state index contributed by atoms with van der Waals surface area (Å²) in [6.45, 7) is 3.05. The molecule has 0 radical (unpaired) electrons. The van der Waals surface area contributed by atoms with Crippen molar-refractivity contribution in [1.29, 1.82) is 0 Å². The summed E-state index contributed by atoms with van der Waals surface area (Å²) in [6, 6.07) is 8.35. The highest BCUT2D eigenvalue weighted by molar-refractivity contribution is 9.10. The van der Waals surface area contributed by atoms with Crippen molar-refractivity contribution in [3.8, 4) is 0 Å². The number of nitrogens with zero attached hydrogens (tertiary/aromatic N) is 1. The Kier molecular flexibility index (Phi) is 4.21. The van der Waals surface area contributed by atoms with E-state index in [1.54, 1.807) is 0 Å². The maximum absolute atomic E-state index is 9.44. The van der Waals surface area contributed by atoms with Gasteiger partial charge in [-0.1, -0.05) is 12.1 Å². The Morgan fingerprint density at radius 2 is 2.25 bits per heavy atom. The molecule has 1 unspecified atom stereocenters. The van der Waals surface area contributed by atoms with Gasteiger partial charge in [-0.05, 0) is 41.0 Å². The minimum absolute atomic E-state index is 0.168. The van der Waals surface area contributed by atoms with E-state index in [-0.39, 0.29) is 12.6 Å². The lowest BCUT2D eigenvalue weighted by Gasteiger charge is -2.31. The van der Waals surface area contributed by atoms with Crippen LogP contribution in [-0.4, -0.2) is 37.4 Å². The van der Waals surface area contributed by atoms with Crippen LogP contribution in [-0.2, 0) is 0 Å². The molecular formula is C12H17BrN2O. The van der Waals surface area contributed by atoms with Gasteiger partial charge >= 0.3 is 0 Å². The van der Waals surface area contributed by atoms with E-state index in [2.05, 4.69) is 32.2 Å². The van der Waals surface area contributed by atoms with Crippen molar-refractivity contribution >= 4 is 21.6 Å².